The zero-order valence-electron chi connectivity index (χ0n) is 8.96. The van der Waals surface area contributed by atoms with Crippen molar-refractivity contribution in [1.82, 2.24) is 5.32 Å². The number of nitrogens with one attached hydrogen (secondary N) is 1. The summed E-state index contributed by atoms with van der Waals surface area (Å²) in [6.45, 7) is 8.76. The molecule has 0 saturated carbocycles. The van der Waals surface area contributed by atoms with Crippen molar-refractivity contribution in [2.24, 2.45) is 0 Å². The number of hydrogen-bond acceptors (Lipinski definition) is 1. The molecule has 1 rings (SSSR count). The van der Waals surface area contributed by atoms with E-state index in [4.69, 9.17) is 0 Å². The molecule has 0 heterocycles. The van der Waals surface area contributed by atoms with Crippen LogP contribution in [0, 0.1) is 0 Å². The molecule has 1 heteroatoms. The highest BCUT2D eigenvalue weighted by Gasteiger charge is 2.13. The summed E-state index contributed by atoms with van der Waals surface area (Å²) >= 11 is 0. The molecule has 1 atom stereocenters. The number of rotatable bonds is 2. The lowest BCUT2D eigenvalue weighted by Crippen LogP contribution is -2.37. The van der Waals surface area contributed by atoms with E-state index in [1.165, 1.54) is 5.56 Å². The standard InChI is InChI=1S/C12H19N/c1-10(13-12(2,3)4)11-8-6-5-7-9-11/h5-10,13H,1-4H3. The molecule has 0 bridgehead atoms. The summed E-state index contributed by atoms with van der Waals surface area (Å²) in [5, 5.41) is 3.54. The lowest BCUT2D eigenvalue weighted by Gasteiger charge is -2.26. The van der Waals surface area contributed by atoms with Gasteiger partial charge >= 0.3 is 0 Å². The maximum absolute atomic E-state index is 3.54. The minimum atomic E-state index is 0.176. The maximum Gasteiger partial charge on any atom is 0.0296 e. The van der Waals surface area contributed by atoms with Crippen molar-refractivity contribution in [1.29, 1.82) is 0 Å². The fourth-order valence-corrected chi connectivity index (χ4v) is 1.47. The summed E-state index contributed by atoms with van der Waals surface area (Å²) < 4.78 is 0. The smallest absolute Gasteiger partial charge is 0.0296 e. The van der Waals surface area contributed by atoms with Crippen molar-refractivity contribution in [3.8, 4) is 0 Å². The van der Waals surface area contributed by atoms with Gasteiger partial charge < -0.3 is 5.32 Å². The van der Waals surface area contributed by atoms with Crippen LogP contribution in [0.1, 0.15) is 39.3 Å². The molecule has 0 spiro atoms. The predicted octanol–water partition coefficient (Wildman–Crippen LogP) is 3.14. The molecule has 0 amide bonds. The van der Waals surface area contributed by atoms with Crippen molar-refractivity contribution in [3.05, 3.63) is 35.9 Å². The third-order valence-corrected chi connectivity index (χ3v) is 1.95. The molecule has 1 aromatic rings. The second kappa shape index (κ2) is 3.93. The molecule has 0 aliphatic heterocycles. The van der Waals surface area contributed by atoms with Gasteiger partial charge in [-0.2, -0.15) is 0 Å². The van der Waals surface area contributed by atoms with Crippen molar-refractivity contribution >= 4 is 0 Å². The van der Waals surface area contributed by atoms with E-state index in [0.717, 1.165) is 0 Å². The van der Waals surface area contributed by atoms with Crippen LogP contribution in [0.3, 0.4) is 0 Å². The Morgan fingerprint density at radius 2 is 1.62 bits per heavy atom. The molecule has 0 aromatic heterocycles. The Hall–Kier alpha value is -0.820. The van der Waals surface area contributed by atoms with Crippen LogP contribution >= 0.6 is 0 Å². The molecule has 0 radical (unpaired) electrons. The van der Waals surface area contributed by atoms with Crippen LogP contribution in [0.25, 0.3) is 0 Å². The van der Waals surface area contributed by atoms with Gasteiger partial charge in [0.15, 0.2) is 0 Å². The summed E-state index contributed by atoms with van der Waals surface area (Å²) in [7, 11) is 0. The van der Waals surface area contributed by atoms with E-state index < -0.39 is 0 Å². The van der Waals surface area contributed by atoms with E-state index in [9.17, 15) is 0 Å². The van der Waals surface area contributed by atoms with E-state index in [2.05, 4.69) is 57.3 Å². The first-order valence-electron chi connectivity index (χ1n) is 4.82. The van der Waals surface area contributed by atoms with Crippen LogP contribution < -0.4 is 5.32 Å². The van der Waals surface area contributed by atoms with Gasteiger partial charge in [0.2, 0.25) is 0 Å². The molecule has 1 aromatic carbocycles. The molecular formula is C12H19N. The van der Waals surface area contributed by atoms with Gasteiger partial charge in [-0.15, -0.1) is 0 Å². The number of benzene rings is 1. The summed E-state index contributed by atoms with van der Waals surface area (Å²) in [6.07, 6.45) is 0. The van der Waals surface area contributed by atoms with Crippen LogP contribution in [0.5, 0.6) is 0 Å². The van der Waals surface area contributed by atoms with Gasteiger partial charge in [-0.05, 0) is 33.3 Å². The minimum Gasteiger partial charge on any atom is -0.306 e. The van der Waals surface area contributed by atoms with E-state index in [0.29, 0.717) is 6.04 Å². The van der Waals surface area contributed by atoms with Gasteiger partial charge in [-0.3, -0.25) is 0 Å². The highest BCUT2D eigenvalue weighted by Crippen LogP contribution is 2.15. The average Bonchev–Trinajstić information content (AvgIpc) is 2.03. The Morgan fingerprint density at radius 1 is 1.08 bits per heavy atom. The average molecular weight is 177 g/mol. The normalized spacial score (nSPS) is 14.2. The van der Waals surface area contributed by atoms with E-state index in [1.54, 1.807) is 0 Å². The molecular weight excluding hydrogens is 158 g/mol. The monoisotopic (exact) mass is 177 g/mol. The summed E-state index contributed by atoms with van der Waals surface area (Å²) in [5.74, 6) is 0. The quantitative estimate of drug-likeness (QED) is 0.731. The fourth-order valence-electron chi connectivity index (χ4n) is 1.47. The van der Waals surface area contributed by atoms with E-state index in [-0.39, 0.29) is 5.54 Å². The summed E-state index contributed by atoms with van der Waals surface area (Å²) in [4.78, 5) is 0. The van der Waals surface area contributed by atoms with E-state index >= 15 is 0 Å². The first-order valence-corrected chi connectivity index (χ1v) is 4.82. The second-order valence-electron chi connectivity index (χ2n) is 4.53. The Bertz CT molecular complexity index is 246. The van der Waals surface area contributed by atoms with Crippen LogP contribution in [0.2, 0.25) is 0 Å². The first-order chi connectivity index (χ1) is 5.99. The predicted molar refractivity (Wildman–Crippen MR) is 57.7 cm³/mol. The largest absolute Gasteiger partial charge is 0.306 e. The van der Waals surface area contributed by atoms with Gasteiger partial charge in [-0.25, -0.2) is 0 Å². The third kappa shape index (κ3) is 3.60. The van der Waals surface area contributed by atoms with Crippen molar-refractivity contribution in [2.75, 3.05) is 0 Å². The molecule has 0 aliphatic rings. The zero-order valence-corrected chi connectivity index (χ0v) is 8.96. The minimum absolute atomic E-state index is 0.176. The molecule has 1 N–H and O–H groups in total. The van der Waals surface area contributed by atoms with Gasteiger partial charge in [-0.1, -0.05) is 30.3 Å². The van der Waals surface area contributed by atoms with Gasteiger partial charge in [0.25, 0.3) is 0 Å². The van der Waals surface area contributed by atoms with Crippen molar-refractivity contribution in [2.45, 2.75) is 39.3 Å². The highest BCUT2D eigenvalue weighted by molar-refractivity contribution is 5.18. The van der Waals surface area contributed by atoms with Gasteiger partial charge in [0.05, 0.1) is 0 Å². The Morgan fingerprint density at radius 3 is 2.08 bits per heavy atom. The molecule has 1 nitrogen and oxygen atoms in total. The fraction of sp³-hybridized carbons (Fsp3) is 0.500. The van der Waals surface area contributed by atoms with Gasteiger partial charge in [0, 0.05) is 11.6 Å². The summed E-state index contributed by atoms with van der Waals surface area (Å²) in [6, 6.07) is 10.9. The van der Waals surface area contributed by atoms with Crippen LogP contribution in [0.15, 0.2) is 30.3 Å². The van der Waals surface area contributed by atoms with Crippen LogP contribution in [0.4, 0.5) is 0 Å². The Labute approximate surface area is 81.2 Å². The van der Waals surface area contributed by atoms with Crippen molar-refractivity contribution < 1.29 is 0 Å². The molecule has 72 valence electrons. The topological polar surface area (TPSA) is 12.0 Å². The molecule has 0 fully saturated rings. The molecule has 0 saturated heterocycles. The van der Waals surface area contributed by atoms with E-state index in [1.807, 2.05) is 6.07 Å². The van der Waals surface area contributed by atoms with Crippen molar-refractivity contribution in [3.63, 3.8) is 0 Å². The molecule has 13 heavy (non-hydrogen) atoms. The van der Waals surface area contributed by atoms with Gasteiger partial charge in [0.1, 0.15) is 0 Å². The zero-order chi connectivity index (χ0) is 9.90. The lowest BCUT2D eigenvalue weighted by molar-refractivity contribution is 0.378. The highest BCUT2D eigenvalue weighted by atomic mass is 15.0. The first kappa shape index (κ1) is 10.3. The van der Waals surface area contributed by atoms with Crippen LogP contribution in [-0.4, -0.2) is 5.54 Å². The summed E-state index contributed by atoms with van der Waals surface area (Å²) in [5.41, 5.74) is 1.52. The number of hydrogen-bond donors (Lipinski definition) is 1. The molecule has 0 aliphatic carbocycles. The second-order valence-corrected chi connectivity index (χ2v) is 4.53. The lowest BCUT2D eigenvalue weighted by atomic mass is 10.0. The SMILES string of the molecule is CC(NC(C)(C)C)c1ccccc1. The van der Waals surface area contributed by atoms with Crippen LogP contribution in [-0.2, 0) is 0 Å². The Balaban J connectivity index is 2.64. The molecule has 1 unspecified atom stereocenters. The maximum atomic E-state index is 3.54. The third-order valence-electron chi connectivity index (χ3n) is 1.95. The Kier molecular flexibility index (Phi) is 3.10.